The van der Waals surface area contributed by atoms with Gasteiger partial charge in [0.1, 0.15) is 0 Å². The average Bonchev–Trinajstić information content (AvgIpc) is 2.47. The van der Waals surface area contributed by atoms with Crippen LogP contribution in [0.5, 0.6) is 0 Å². The Bertz CT molecular complexity index is 404. The van der Waals surface area contributed by atoms with E-state index < -0.39 is 0 Å². The summed E-state index contributed by atoms with van der Waals surface area (Å²) in [4.78, 5) is 14.6. The summed E-state index contributed by atoms with van der Waals surface area (Å²) in [5, 5.41) is 1.04. The maximum atomic E-state index is 12.6. The molecule has 2 atom stereocenters. The van der Waals surface area contributed by atoms with Gasteiger partial charge in [0, 0.05) is 18.4 Å². The first-order chi connectivity index (χ1) is 9.22. The van der Waals surface area contributed by atoms with Gasteiger partial charge in [0.15, 0.2) is 0 Å². The summed E-state index contributed by atoms with van der Waals surface area (Å²) in [6, 6.07) is 10.1. The summed E-state index contributed by atoms with van der Waals surface area (Å²) in [5.41, 5.74) is 1.12. The standard InChI is InChI=1S/C16H22BrNO/c1-13(15-7-3-2-4-8-15)16(19)18-11-5-6-14(12-18)9-10-17/h2-4,7-8,13-14H,5-6,9-12H2,1H3. The topological polar surface area (TPSA) is 20.3 Å². The Kier molecular flexibility index (Phi) is 5.44. The molecule has 2 rings (SSSR count). The van der Waals surface area contributed by atoms with Crippen molar-refractivity contribution in [3.8, 4) is 0 Å². The minimum Gasteiger partial charge on any atom is -0.342 e. The Morgan fingerprint density at radius 1 is 1.42 bits per heavy atom. The number of piperidine rings is 1. The van der Waals surface area contributed by atoms with Crippen LogP contribution in [-0.2, 0) is 4.79 Å². The highest BCUT2D eigenvalue weighted by atomic mass is 79.9. The van der Waals surface area contributed by atoms with Crippen molar-refractivity contribution in [2.45, 2.75) is 32.1 Å². The number of rotatable bonds is 4. The van der Waals surface area contributed by atoms with Crippen molar-refractivity contribution in [1.82, 2.24) is 4.90 Å². The second kappa shape index (κ2) is 7.09. The van der Waals surface area contributed by atoms with Gasteiger partial charge in [-0.2, -0.15) is 0 Å². The van der Waals surface area contributed by atoms with Crippen LogP contribution < -0.4 is 0 Å². The molecule has 1 aromatic rings. The molecule has 1 heterocycles. The van der Waals surface area contributed by atoms with Gasteiger partial charge in [-0.25, -0.2) is 0 Å². The van der Waals surface area contributed by atoms with Crippen molar-refractivity contribution in [1.29, 1.82) is 0 Å². The van der Waals surface area contributed by atoms with Crippen molar-refractivity contribution < 1.29 is 4.79 Å². The number of amides is 1. The van der Waals surface area contributed by atoms with E-state index in [1.807, 2.05) is 37.3 Å². The van der Waals surface area contributed by atoms with Crippen molar-refractivity contribution in [3.63, 3.8) is 0 Å². The molecule has 0 saturated carbocycles. The number of carbonyl (C=O) groups excluding carboxylic acids is 1. The molecule has 1 fully saturated rings. The van der Waals surface area contributed by atoms with E-state index in [-0.39, 0.29) is 11.8 Å². The number of halogens is 1. The van der Waals surface area contributed by atoms with Gasteiger partial charge in [-0.15, -0.1) is 0 Å². The summed E-state index contributed by atoms with van der Waals surface area (Å²) in [6.07, 6.45) is 3.57. The summed E-state index contributed by atoms with van der Waals surface area (Å²) in [7, 11) is 0. The zero-order chi connectivity index (χ0) is 13.7. The molecule has 1 aliphatic heterocycles. The molecule has 1 saturated heterocycles. The van der Waals surface area contributed by atoms with Crippen LogP contribution in [0, 0.1) is 5.92 Å². The lowest BCUT2D eigenvalue weighted by Gasteiger charge is -2.34. The predicted octanol–water partition coefficient (Wildman–Crippen LogP) is 3.81. The summed E-state index contributed by atoms with van der Waals surface area (Å²) in [5.74, 6) is 0.925. The van der Waals surface area contributed by atoms with Crippen LogP contribution in [-0.4, -0.2) is 29.2 Å². The van der Waals surface area contributed by atoms with Crippen LogP contribution in [0.15, 0.2) is 30.3 Å². The molecule has 0 bridgehead atoms. The smallest absolute Gasteiger partial charge is 0.229 e. The molecule has 104 valence electrons. The fraction of sp³-hybridized carbons (Fsp3) is 0.562. The highest BCUT2D eigenvalue weighted by Gasteiger charge is 2.26. The van der Waals surface area contributed by atoms with E-state index in [0.29, 0.717) is 5.92 Å². The first-order valence-corrected chi connectivity index (χ1v) is 8.24. The largest absolute Gasteiger partial charge is 0.342 e. The number of benzene rings is 1. The maximum absolute atomic E-state index is 12.6. The van der Waals surface area contributed by atoms with E-state index in [9.17, 15) is 4.79 Å². The molecule has 0 aromatic heterocycles. The molecule has 1 aromatic carbocycles. The number of hydrogen-bond acceptors (Lipinski definition) is 1. The van der Waals surface area contributed by atoms with Gasteiger partial charge in [-0.1, -0.05) is 46.3 Å². The van der Waals surface area contributed by atoms with E-state index >= 15 is 0 Å². The van der Waals surface area contributed by atoms with Gasteiger partial charge in [0.2, 0.25) is 5.91 Å². The maximum Gasteiger partial charge on any atom is 0.229 e. The first-order valence-electron chi connectivity index (χ1n) is 7.12. The number of alkyl halides is 1. The van der Waals surface area contributed by atoms with Gasteiger partial charge >= 0.3 is 0 Å². The number of carbonyl (C=O) groups is 1. The van der Waals surface area contributed by atoms with Gasteiger partial charge in [0.25, 0.3) is 0 Å². The normalized spacial score (nSPS) is 21.2. The Hall–Kier alpha value is -0.830. The lowest BCUT2D eigenvalue weighted by atomic mass is 9.93. The van der Waals surface area contributed by atoms with Gasteiger partial charge in [0.05, 0.1) is 5.92 Å². The third kappa shape index (κ3) is 3.82. The lowest BCUT2D eigenvalue weighted by molar-refractivity contribution is -0.134. The van der Waals surface area contributed by atoms with Crippen molar-refractivity contribution in [2.75, 3.05) is 18.4 Å². The lowest BCUT2D eigenvalue weighted by Crippen LogP contribution is -2.42. The predicted molar refractivity (Wildman–Crippen MR) is 82.6 cm³/mol. The van der Waals surface area contributed by atoms with E-state index in [0.717, 1.165) is 30.4 Å². The van der Waals surface area contributed by atoms with Crippen LogP contribution in [0.4, 0.5) is 0 Å². The Morgan fingerprint density at radius 2 is 2.16 bits per heavy atom. The third-order valence-electron chi connectivity index (χ3n) is 4.02. The van der Waals surface area contributed by atoms with Crippen LogP contribution >= 0.6 is 15.9 Å². The molecule has 0 aliphatic carbocycles. The quantitative estimate of drug-likeness (QED) is 0.771. The molecule has 0 radical (unpaired) electrons. The number of likely N-dealkylation sites (tertiary alicyclic amines) is 1. The minimum absolute atomic E-state index is 0.0241. The Morgan fingerprint density at radius 3 is 2.84 bits per heavy atom. The van der Waals surface area contributed by atoms with Crippen molar-refractivity contribution >= 4 is 21.8 Å². The highest BCUT2D eigenvalue weighted by molar-refractivity contribution is 9.09. The van der Waals surface area contributed by atoms with E-state index in [2.05, 4.69) is 20.8 Å². The first kappa shape index (κ1) is 14.6. The zero-order valence-electron chi connectivity index (χ0n) is 11.5. The van der Waals surface area contributed by atoms with Crippen LogP contribution in [0.25, 0.3) is 0 Å². The highest BCUT2D eigenvalue weighted by Crippen LogP contribution is 2.24. The molecular weight excluding hydrogens is 302 g/mol. The van der Waals surface area contributed by atoms with Crippen LogP contribution in [0.1, 0.15) is 37.7 Å². The van der Waals surface area contributed by atoms with E-state index in [1.165, 1.54) is 12.8 Å². The van der Waals surface area contributed by atoms with E-state index in [1.54, 1.807) is 0 Å². The van der Waals surface area contributed by atoms with Crippen molar-refractivity contribution in [3.05, 3.63) is 35.9 Å². The second-order valence-electron chi connectivity index (χ2n) is 5.40. The van der Waals surface area contributed by atoms with Gasteiger partial charge in [-0.3, -0.25) is 4.79 Å². The average molecular weight is 324 g/mol. The molecule has 2 unspecified atom stereocenters. The molecule has 3 heteroatoms. The molecular formula is C16H22BrNO. The SMILES string of the molecule is CC(C(=O)N1CCCC(CCBr)C1)c1ccccc1. The molecule has 1 amide bonds. The van der Waals surface area contributed by atoms with Gasteiger partial charge < -0.3 is 4.90 Å². The van der Waals surface area contributed by atoms with Gasteiger partial charge in [-0.05, 0) is 37.7 Å². The fourth-order valence-corrected chi connectivity index (χ4v) is 3.46. The molecule has 0 spiro atoms. The van der Waals surface area contributed by atoms with Crippen LogP contribution in [0.3, 0.4) is 0 Å². The molecule has 2 nitrogen and oxygen atoms in total. The summed E-state index contributed by atoms with van der Waals surface area (Å²) < 4.78 is 0. The molecule has 19 heavy (non-hydrogen) atoms. The second-order valence-corrected chi connectivity index (χ2v) is 6.20. The van der Waals surface area contributed by atoms with Crippen LogP contribution in [0.2, 0.25) is 0 Å². The Labute approximate surface area is 124 Å². The zero-order valence-corrected chi connectivity index (χ0v) is 13.1. The molecule has 1 aliphatic rings. The van der Waals surface area contributed by atoms with E-state index in [4.69, 9.17) is 0 Å². The number of hydrogen-bond donors (Lipinski definition) is 0. The number of nitrogens with zero attached hydrogens (tertiary/aromatic N) is 1. The summed E-state index contributed by atoms with van der Waals surface area (Å²) >= 11 is 3.50. The minimum atomic E-state index is -0.0241. The summed E-state index contributed by atoms with van der Waals surface area (Å²) in [6.45, 7) is 3.88. The third-order valence-corrected chi connectivity index (χ3v) is 4.48. The Balaban J connectivity index is 1.99. The fourth-order valence-electron chi connectivity index (χ4n) is 2.81. The monoisotopic (exact) mass is 323 g/mol. The molecule has 0 N–H and O–H groups in total. The van der Waals surface area contributed by atoms with Crippen molar-refractivity contribution in [2.24, 2.45) is 5.92 Å².